The van der Waals surface area contributed by atoms with E-state index in [9.17, 15) is 4.79 Å². The van der Waals surface area contributed by atoms with Crippen LogP contribution in [0.5, 0.6) is 0 Å². The number of amides is 1. The predicted octanol–water partition coefficient (Wildman–Crippen LogP) is 4.63. The first-order valence-electron chi connectivity index (χ1n) is 7.99. The van der Waals surface area contributed by atoms with Crippen molar-refractivity contribution in [1.29, 1.82) is 0 Å². The highest BCUT2D eigenvalue weighted by molar-refractivity contribution is 6.33. The van der Waals surface area contributed by atoms with E-state index in [0.29, 0.717) is 22.8 Å². The number of benzene rings is 1. The SMILES string of the molecule is Cc1cccc(Cl)c1NC(=O)OC1C[C@H]2CCC[C@@H](C1)N2C.Cl. The number of nitrogens with zero attached hydrogens (tertiary/aromatic N) is 1. The molecule has 2 bridgehead atoms. The van der Waals surface area contributed by atoms with Gasteiger partial charge in [-0.3, -0.25) is 5.32 Å². The summed E-state index contributed by atoms with van der Waals surface area (Å²) in [5.74, 6) is 0. The highest BCUT2D eigenvalue weighted by Gasteiger charge is 2.37. The van der Waals surface area contributed by atoms with Crippen LogP contribution < -0.4 is 5.32 Å². The highest BCUT2D eigenvalue weighted by atomic mass is 35.5. The summed E-state index contributed by atoms with van der Waals surface area (Å²) in [4.78, 5) is 14.6. The van der Waals surface area contributed by atoms with Gasteiger partial charge in [0.25, 0.3) is 0 Å². The first-order valence-corrected chi connectivity index (χ1v) is 8.37. The van der Waals surface area contributed by atoms with Gasteiger partial charge in [-0.1, -0.05) is 30.2 Å². The van der Waals surface area contributed by atoms with Crippen molar-refractivity contribution in [1.82, 2.24) is 4.90 Å². The van der Waals surface area contributed by atoms with E-state index < -0.39 is 6.09 Å². The molecule has 128 valence electrons. The molecule has 0 saturated carbocycles. The lowest BCUT2D eigenvalue weighted by molar-refractivity contribution is -0.0161. The zero-order valence-corrected chi connectivity index (χ0v) is 15.1. The third-order valence-electron chi connectivity index (χ3n) is 5.02. The molecule has 3 rings (SSSR count). The second-order valence-corrected chi connectivity index (χ2v) is 6.87. The van der Waals surface area contributed by atoms with Crippen LogP contribution in [0.3, 0.4) is 0 Å². The number of nitrogens with one attached hydrogen (secondary N) is 1. The van der Waals surface area contributed by atoms with E-state index in [4.69, 9.17) is 16.3 Å². The lowest BCUT2D eigenvalue weighted by Crippen LogP contribution is -2.52. The topological polar surface area (TPSA) is 41.6 Å². The van der Waals surface area contributed by atoms with Gasteiger partial charge in [-0.15, -0.1) is 12.4 Å². The van der Waals surface area contributed by atoms with Crippen molar-refractivity contribution in [2.75, 3.05) is 12.4 Å². The van der Waals surface area contributed by atoms with E-state index in [-0.39, 0.29) is 18.5 Å². The van der Waals surface area contributed by atoms with E-state index in [0.717, 1.165) is 18.4 Å². The number of ether oxygens (including phenoxy) is 1. The van der Waals surface area contributed by atoms with Crippen LogP contribution in [0, 0.1) is 6.92 Å². The highest BCUT2D eigenvalue weighted by Crippen LogP contribution is 2.34. The van der Waals surface area contributed by atoms with Gasteiger partial charge in [0, 0.05) is 24.9 Å². The lowest BCUT2D eigenvalue weighted by Gasteiger charge is -2.46. The zero-order valence-electron chi connectivity index (χ0n) is 13.5. The molecule has 4 nitrogen and oxygen atoms in total. The number of aryl methyl sites for hydroxylation is 1. The summed E-state index contributed by atoms with van der Waals surface area (Å²) in [6.07, 6.45) is 5.18. The molecule has 1 amide bonds. The molecular weight excluding hydrogens is 335 g/mol. The quantitative estimate of drug-likeness (QED) is 0.837. The number of para-hydroxylation sites is 1. The maximum atomic E-state index is 12.2. The molecule has 3 atom stereocenters. The second-order valence-electron chi connectivity index (χ2n) is 6.46. The van der Waals surface area contributed by atoms with Crippen molar-refractivity contribution in [2.24, 2.45) is 0 Å². The minimum Gasteiger partial charge on any atom is -0.446 e. The van der Waals surface area contributed by atoms with Gasteiger partial charge in [-0.2, -0.15) is 0 Å². The Morgan fingerprint density at radius 1 is 1.30 bits per heavy atom. The van der Waals surface area contributed by atoms with Crippen LogP contribution in [0.15, 0.2) is 18.2 Å². The summed E-state index contributed by atoms with van der Waals surface area (Å²) in [6, 6.07) is 6.65. The van der Waals surface area contributed by atoms with Crippen LogP contribution in [0.4, 0.5) is 10.5 Å². The molecule has 6 heteroatoms. The fourth-order valence-electron chi connectivity index (χ4n) is 3.74. The normalized spacial score (nSPS) is 27.0. The van der Waals surface area contributed by atoms with Crippen molar-refractivity contribution < 1.29 is 9.53 Å². The Morgan fingerprint density at radius 2 is 1.96 bits per heavy atom. The van der Waals surface area contributed by atoms with Crippen molar-refractivity contribution in [2.45, 2.75) is 57.2 Å². The van der Waals surface area contributed by atoms with Crippen molar-refractivity contribution >= 4 is 35.8 Å². The third kappa shape index (κ3) is 4.11. The summed E-state index contributed by atoms with van der Waals surface area (Å²) >= 11 is 6.14. The Bertz CT molecular complexity index is 533. The average molecular weight is 359 g/mol. The molecule has 1 aromatic rings. The summed E-state index contributed by atoms with van der Waals surface area (Å²) in [7, 11) is 2.19. The molecule has 1 N–H and O–H groups in total. The van der Waals surface area contributed by atoms with E-state index in [1.54, 1.807) is 6.07 Å². The predicted molar refractivity (Wildman–Crippen MR) is 95.8 cm³/mol. The zero-order chi connectivity index (χ0) is 15.7. The Labute approximate surface area is 148 Å². The van der Waals surface area contributed by atoms with Gasteiger partial charge in [-0.25, -0.2) is 4.79 Å². The molecule has 0 spiro atoms. The van der Waals surface area contributed by atoms with E-state index >= 15 is 0 Å². The smallest absolute Gasteiger partial charge is 0.411 e. The number of fused-ring (bicyclic) bond motifs is 2. The number of rotatable bonds is 2. The molecular formula is C17H24Cl2N2O2. The number of halogens is 2. The van der Waals surface area contributed by atoms with Crippen LogP contribution in [0.1, 0.15) is 37.7 Å². The summed E-state index contributed by atoms with van der Waals surface area (Å²) in [6.45, 7) is 1.92. The first kappa shape index (κ1) is 18.4. The molecule has 2 aliphatic rings. The second kappa shape index (κ2) is 7.73. The van der Waals surface area contributed by atoms with E-state index in [1.807, 2.05) is 19.1 Å². The van der Waals surface area contributed by atoms with Gasteiger partial charge in [0.05, 0.1) is 10.7 Å². The molecule has 0 radical (unpaired) electrons. The summed E-state index contributed by atoms with van der Waals surface area (Å²) in [5.41, 5.74) is 1.58. The molecule has 23 heavy (non-hydrogen) atoms. The Hall–Kier alpha value is -0.970. The van der Waals surface area contributed by atoms with Crippen molar-refractivity contribution in [3.63, 3.8) is 0 Å². The minimum absolute atomic E-state index is 0. The minimum atomic E-state index is -0.399. The fourth-order valence-corrected chi connectivity index (χ4v) is 4.00. The summed E-state index contributed by atoms with van der Waals surface area (Å²) in [5, 5.41) is 3.34. The Balaban J connectivity index is 0.00000192. The van der Waals surface area contributed by atoms with Gasteiger partial charge >= 0.3 is 6.09 Å². The maximum Gasteiger partial charge on any atom is 0.411 e. The number of anilines is 1. The van der Waals surface area contributed by atoms with Crippen molar-refractivity contribution in [3.05, 3.63) is 28.8 Å². The van der Waals surface area contributed by atoms with Crippen LogP contribution in [-0.4, -0.2) is 36.2 Å². The monoisotopic (exact) mass is 358 g/mol. The number of carbonyl (C=O) groups excluding carboxylic acids is 1. The number of hydrogen-bond donors (Lipinski definition) is 1. The van der Waals surface area contributed by atoms with Gasteiger partial charge in [0.2, 0.25) is 0 Å². The fraction of sp³-hybridized carbons (Fsp3) is 0.588. The van der Waals surface area contributed by atoms with Crippen molar-refractivity contribution in [3.8, 4) is 0 Å². The van der Waals surface area contributed by atoms with Gasteiger partial charge < -0.3 is 9.64 Å². The molecule has 1 unspecified atom stereocenters. The molecule has 0 aliphatic carbocycles. The van der Waals surface area contributed by atoms with Gasteiger partial charge in [-0.05, 0) is 38.4 Å². The molecule has 2 fully saturated rings. The third-order valence-corrected chi connectivity index (χ3v) is 5.33. The number of hydrogen-bond acceptors (Lipinski definition) is 3. The summed E-state index contributed by atoms with van der Waals surface area (Å²) < 4.78 is 5.65. The lowest BCUT2D eigenvalue weighted by atomic mass is 9.83. The largest absolute Gasteiger partial charge is 0.446 e. The Morgan fingerprint density at radius 3 is 2.57 bits per heavy atom. The van der Waals surface area contributed by atoms with Crippen LogP contribution in [0.2, 0.25) is 5.02 Å². The van der Waals surface area contributed by atoms with Crippen LogP contribution >= 0.6 is 24.0 Å². The van der Waals surface area contributed by atoms with E-state index in [2.05, 4.69) is 17.3 Å². The molecule has 2 aliphatic heterocycles. The number of carbonyl (C=O) groups is 1. The molecule has 2 heterocycles. The maximum absolute atomic E-state index is 12.2. The first-order chi connectivity index (χ1) is 10.5. The standard InChI is InChI=1S/C17H23ClN2O2.ClH/c1-11-5-3-8-15(18)16(11)19-17(21)22-14-9-12-6-4-7-13(10-14)20(12)2;/h3,5,8,12-14H,4,6-7,9-10H2,1-2H3,(H,19,21);1H/t12-,13+,14?;. The molecule has 1 aromatic carbocycles. The molecule has 0 aromatic heterocycles. The van der Waals surface area contributed by atoms with Gasteiger partial charge in [0.15, 0.2) is 0 Å². The molecule has 2 saturated heterocycles. The van der Waals surface area contributed by atoms with Crippen LogP contribution in [0.25, 0.3) is 0 Å². The Kier molecular flexibility index (Phi) is 6.18. The van der Waals surface area contributed by atoms with E-state index in [1.165, 1.54) is 19.3 Å². The average Bonchev–Trinajstić information content (AvgIpc) is 2.44. The van der Waals surface area contributed by atoms with Crippen LogP contribution in [-0.2, 0) is 4.74 Å². The van der Waals surface area contributed by atoms with Gasteiger partial charge in [0.1, 0.15) is 6.10 Å². The number of piperidine rings is 2.